The predicted octanol–water partition coefficient (Wildman–Crippen LogP) is 6.39. The van der Waals surface area contributed by atoms with E-state index < -0.39 is 0 Å². The first-order valence-electron chi connectivity index (χ1n) is 12.7. The van der Waals surface area contributed by atoms with E-state index >= 15 is 0 Å². The highest BCUT2D eigenvalue weighted by Crippen LogP contribution is 2.68. The maximum atomic E-state index is 2.71. The van der Waals surface area contributed by atoms with Gasteiger partial charge in [-0.3, -0.25) is 0 Å². The van der Waals surface area contributed by atoms with Gasteiger partial charge in [-0.15, -0.1) is 0 Å². The Morgan fingerprint density at radius 3 is 2.20 bits per heavy atom. The number of nitrogens with zero attached hydrogens (tertiary/aromatic N) is 2. The van der Waals surface area contributed by atoms with Gasteiger partial charge in [0.15, 0.2) is 0 Å². The van der Waals surface area contributed by atoms with E-state index in [-0.39, 0.29) is 0 Å². The molecule has 2 nitrogen and oxygen atoms in total. The molecule has 0 aliphatic heterocycles. The second kappa shape index (κ2) is 7.48. The standard InChI is InChI=1S/C28H48N2/c1-19(29(6)7)22-15-17-28(5)24-12-11-23-20(18-21(24)14-16-27(22,28)4)10-13-25(30(8)9)26(23,2)3/h14,18-19,22-25H,10-13,15-17H2,1-9H3/t19-,22-,23-,24-,25+,27-,28+/m1/s1. The van der Waals surface area contributed by atoms with Crippen LogP contribution in [0.5, 0.6) is 0 Å². The minimum absolute atomic E-state index is 0.365. The van der Waals surface area contributed by atoms with E-state index in [0.29, 0.717) is 28.3 Å². The summed E-state index contributed by atoms with van der Waals surface area (Å²) in [4.78, 5) is 4.96. The zero-order chi connectivity index (χ0) is 22.1. The van der Waals surface area contributed by atoms with Gasteiger partial charge in [0, 0.05) is 12.1 Å². The molecule has 0 aromatic carbocycles. The minimum atomic E-state index is 0.365. The van der Waals surface area contributed by atoms with Crippen molar-refractivity contribution in [3.05, 3.63) is 23.3 Å². The third-order valence-electron chi connectivity index (χ3n) is 11.1. The summed E-state index contributed by atoms with van der Waals surface area (Å²) in [6.07, 6.45) is 14.9. The molecule has 30 heavy (non-hydrogen) atoms. The molecule has 0 radical (unpaired) electrons. The van der Waals surface area contributed by atoms with E-state index in [1.54, 1.807) is 11.1 Å². The van der Waals surface area contributed by atoms with Gasteiger partial charge in [-0.05, 0) is 120 Å². The van der Waals surface area contributed by atoms with E-state index in [1.807, 2.05) is 0 Å². The van der Waals surface area contributed by atoms with Crippen LogP contribution < -0.4 is 0 Å². The molecule has 0 unspecified atom stereocenters. The molecule has 0 spiro atoms. The average Bonchev–Trinajstić information content (AvgIpc) is 2.80. The van der Waals surface area contributed by atoms with Crippen molar-refractivity contribution < 1.29 is 0 Å². The predicted molar refractivity (Wildman–Crippen MR) is 130 cm³/mol. The Morgan fingerprint density at radius 2 is 1.57 bits per heavy atom. The zero-order valence-electron chi connectivity index (χ0n) is 21.4. The fourth-order valence-electron chi connectivity index (χ4n) is 8.82. The monoisotopic (exact) mass is 412 g/mol. The van der Waals surface area contributed by atoms with E-state index in [9.17, 15) is 0 Å². The lowest BCUT2D eigenvalue weighted by Crippen LogP contribution is -2.49. The maximum Gasteiger partial charge on any atom is 0.0149 e. The van der Waals surface area contributed by atoms with Crippen molar-refractivity contribution in [1.29, 1.82) is 0 Å². The molecule has 4 aliphatic rings. The molecular weight excluding hydrogens is 364 g/mol. The molecule has 0 N–H and O–H groups in total. The van der Waals surface area contributed by atoms with Crippen LogP contribution in [-0.4, -0.2) is 50.1 Å². The number of allylic oxidation sites excluding steroid dienone is 4. The zero-order valence-corrected chi connectivity index (χ0v) is 21.4. The molecule has 0 saturated heterocycles. The van der Waals surface area contributed by atoms with Crippen molar-refractivity contribution >= 4 is 0 Å². The summed E-state index contributed by atoms with van der Waals surface area (Å²) in [6, 6.07) is 1.37. The SMILES string of the molecule is C[C@H]([C@H]1CC[C@@]2(C)[C@@H]3CC[C@@H]4C(=CC3=CC[C@]12C)CC[C@H](N(C)C)C4(C)C)N(C)C. The number of hydrogen-bond donors (Lipinski definition) is 0. The summed E-state index contributed by atoms with van der Waals surface area (Å²) in [5.41, 5.74) is 4.73. The Kier molecular flexibility index (Phi) is 5.63. The molecule has 170 valence electrons. The van der Waals surface area contributed by atoms with Crippen LogP contribution in [0.1, 0.15) is 79.6 Å². The van der Waals surface area contributed by atoms with Crippen LogP contribution in [0, 0.1) is 34.0 Å². The number of hydrogen-bond acceptors (Lipinski definition) is 2. The fourth-order valence-corrected chi connectivity index (χ4v) is 8.82. The highest BCUT2D eigenvalue weighted by atomic mass is 15.1. The first kappa shape index (κ1) is 22.6. The number of fused-ring (bicyclic) bond motifs is 4. The van der Waals surface area contributed by atoms with Gasteiger partial charge < -0.3 is 9.80 Å². The van der Waals surface area contributed by atoms with E-state index in [1.165, 1.54) is 44.9 Å². The Bertz CT molecular complexity index is 729. The Balaban J connectivity index is 1.67. The van der Waals surface area contributed by atoms with E-state index in [2.05, 4.69) is 84.8 Å². The molecule has 0 aromatic rings. The van der Waals surface area contributed by atoms with Gasteiger partial charge in [-0.25, -0.2) is 0 Å². The summed E-state index contributed by atoms with van der Waals surface area (Å²) in [6.45, 7) is 12.9. The van der Waals surface area contributed by atoms with Gasteiger partial charge >= 0.3 is 0 Å². The molecule has 4 aliphatic carbocycles. The van der Waals surface area contributed by atoms with Crippen molar-refractivity contribution in [2.24, 2.45) is 34.0 Å². The van der Waals surface area contributed by atoms with E-state index in [0.717, 1.165) is 17.8 Å². The Morgan fingerprint density at radius 1 is 0.900 bits per heavy atom. The van der Waals surface area contributed by atoms with Crippen molar-refractivity contribution in [3.63, 3.8) is 0 Å². The van der Waals surface area contributed by atoms with Crippen LogP contribution in [0.3, 0.4) is 0 Å². The highest BCUT2D eigenvalue weighted by Gasteiger charge is 2.60. The summed E-state index contributed by atoms with van der Waals surface area (Å²) in [7, 11) is 9.13. The van der Waals surface area contributed by atoms with Crippen LogP contribution >= 0.6 is 0 Å². The molecule has 2 fully saturated rings. The van der Waals surface area contributed by atoms with Crippen molar-refractivity contribution in [3.8, 4) is 0 Å². The molecule has 0 aromatic heterocycles. The first-order chi connectivity index (χ1) is 13.9. The molecule has 4 rings (SSSR count). The third-order valence-corrected chi connectivity index (χ3v) is 11.1. The first-order valence-corrected chi connectivity index (χ1v) is 12.7. The normalized spacial score (nSPS) is 44.0. The maximum absolute atomic E-state index is 2.71. The fraction of sp³-hybridized carbons (Fsp3) is 0.857. The highest BCUT2D eigenvalue weighted by molar-refractivity contribution is 5.37. The van der Waals surface area contributed by atoms with Gasteiger partial charge in [-0.2, -0.15) is 0 Å². The van der Waals surface area contributed by atoms with Crippen molar-refractivity contribution in [2.75, 3.05) is 28.2 Å². The van der Waals surface area contributed by atoms with Crippen molar-refractivity contribution in [1.82, 2.24) is 9.80 Å². The molecule has 7 atom stereocenters. The van der Waals surface area contributed by atoms with Crippen LogP contribution in [0.2, 0.25) is 0 Å². The van der Waals surface area contributed by atoms with Crippen LogP contribution in [0.25, 0.3) is 0 Å². The molecule has 0 amide bonds. The summed E-state index contributed by atoms with van der Waals surface area (Å²) < 4.78 is 0. The Hall–Kier alpha value is -0.600. The molecule has 2 saturated carbocycles. The lowest BCUT2D eigenvalue weighted by atomic mass is 9.51. The lowest BCUT2D eigenvalue weighted by Gasteiger charge is -2.54. The lowest BCUT2D eigenvalue weighted by molar-refractivity contribution is -0.0128. The van der Waals surface area contributed by atoms with Gasteiger partial charge in [0.1, 0.15) is 0 Å². The van der Waals surface area contributed by atoms with Crippen LogP contribution in [0.4, 0.5) is 0 Å². The molecule has 0 bridgehead atoms. The summed E-state index contributed by atoms with van der Waals surface area (Å²) in [5.74, 6) is 2.31. The minimum Gasteiger partial charge on any atom is -0.306 e. The topological polar surface area (TPSA) is 6.48 Å². The van der Waals surface area contributed by atoms with Gasteiger partial charge in [0.25, 0.3) is 0 Å². The Labute approximate surface area is 187 Å². The molecule has 2 heteroatoms. The van der Waals surface area contributed by atoms with Crippen molar-refractivity contribution in [2.45, 2.75) is 91.6 Å². The second-order valence-corrected chi connectivity index (χ2v) is 12.8. The molecule has 0 heterocycles. The smallest absolute Gasteiger partial charge is 0.0149 e. The number of rotatable bonds is 3. The van der Waals surface area contributed by atoms with E-state index in [4.69, 9.17) is 0 Å². The largest absolute Gasteiger partial charge is 0.306 e. The average molecular weight is 413 g/mol. The quantitative estimate of drug-likeness (QED) is 0.530. The third kappa shape index (κ3) is 3.11. The summed E-state index contributed by atoms with van der Waals surface area (Å²) in [5, 5.41) is 0. The van der Waals surface area contributed by atoms with Gasteiger partial charge in [-0.1, -0.05) is 45.4 Å². The van der Waals surface area contributed by atoms with Gasteiger partial charge in [0.2, 0.25) is 0 Å². The second-order valence-electron chi connectivity index (χ2n) is 12.8. The van der Waals surface area contributed by atoms with Crippen LogP contribution in [0.15, 0.2) is 23.3 Å². The van der Waals surface area contributed by atoms with Crippen LogP contribution in [-0.2, 0) is 0 Å². The summed E-state index contributed by atoms with van der Waals surface area (Å²) >= 11 is 0. The van der Waals surface area contributed by atoms with Gasteiger partial charge in [0.05, 0.1) is 0 Å². The molecular formula is C28H48N2.